The van der Waals surface area contributed by atoms with Gasteiger partial charge in [-0.3, -0.25) is 14.9 Å². The first-order valence-corrected chi connectivity index (χ1v) is 11.0. The molecule has 0 saturated heterocycles. The quantitative estimate of drug-likeness (QED) is 0.114. The van der Waals surface area contributed by atoms with Gasteiger partial charge in [-0.25, -0.2) is 4.79 Å². The van der Waals surface area contributed by atoms with E-state index in [1.807, 2.05) is 6.92 Å². The van der Waals surface area contributed by atoms with Crippen LogP contribution in [-0.2, 0) is 12.6 Å². The number of halogens is 4. The van der Waals surface area contributed by atoms with Gasteiger partial charge in [-0.1, -0.05) is 30.7 Å². The highest BCUT2D eigenvalue weighted by Gasteiger charge is 2.40. The zero-order valence-electron chi connectivity index (χ0n) is 18.8. The van der Waals surface area contributed by atoms with Crippen molar-refractivity contribution in [1.82, 2.24) is 0 Å². The molecule has 0 spiro atoms. The van der Waals surface area contributed by atoms with Gasteiger partial charge in [-0.2, -0.15) is 13.2 Å². The normalized spacial score (nSPS) is 11.4. The summed E-state index contributed by atoms with van der Waals surface area (Å²) in [6, 6.07) is 12.6. The standard InChI is InChI=1S/C25H15ClF3NO7/c1-2-13-3-6-15(7-4-13)35-22-21(31)17-9-8-16(12-20(17)37-23(22)25(27,28)29)36-24(32)14-5-10-18(26)19(11-14)30(33)34/h3-12H,2H2,1H3. The molecule has 4 rings (SSSR count). The number of esters is 1. The number of fused-ring (bicyclic) bond motifs is 1. The smallest absolute Gasteiger partial charge is 0.449 e. The first kappa shape index (κ1) is 25.7. The second kappa shape index (κ2) is 9.94. The molecule has 0 atom stereocenters. The molecule has 0 unspecified atom stereocenters. The molecule has 0 amide bonds. The molecule has 1 heterocycles. The Labute approximate surface area is 210 Å². The van der Waals surface area contributed by atoms with E-state index in [9.17, 15) is 32.9 Å². The first-order valence-electron chi connectivity index (χ1n) is 10.6. The van der Waals surface area contributed by atoms with E-state index in [2.05, 4.69) is 0 Å². The van der Waals surface area contributed by atoms with Crippen LogP contribution in [0.4, 0.5) is 18.9 Å². The summed E-state index contributed by atoms with van der Waals surface area (Å²) in [5.74, 6) is -4.01. The molecule has 190 valence electrons. The summed E-state index contributed by atoms with van der Waals surface area (Å²) in [6.07, 6.45) is -4.38. The third-order valence-corrected chi connectivity index (χ3v) is 5.54. The molecule has 4 aromatic rings. The lowest BCUT2D eigenvalue weighted by Gasteiger charge is -2.14. The Morgan fingerprint density at radius 2 is 1.73 bits per heavy atom. The summed E-state index contributed by atoms with van der Waals surface area (Å²) >= 11 is 5.73. The SMILES string of the molecule is CCc1ccc(Oc2c(C(F)(F)F)oc3cc(OC(=O)c4ccc(Cl)c([N+](=O)[O-])c4)ccc3c2=O)cc1. The number of hydrogen-bond acceptors (Lipinski definition) is 7. The summed E-state index contributed by atoms with van der Waals surface area (Å²) in [4.78, 5) is 35.6. The van der Waals surface area contributed by atoms with Crippen molar-refractivity contribution in [1.29, 1.82) is 0 Å². The fourth-order valence-electron chi connectivity index (χ4n) is 3.36. The molecule has 0 radical (unpaired) electrons. The average molecular weight is 534 g/mol. The summed E-state index contributed by atoms with van der Waals surface area (Å²) in [5, 5.41) is 10.6. The van der Waals surface area contributed by atoms with Gasteiger partial charge in [-0.05, 0) is 48.4 Å². The molecular weight excluding hydrogens is 519 g/mol. The molecule has 37 heavy (non-hydrogen) atoms. The molecule has 0 aliphatic heterocycles. The summed E-state index contributed by atoms with van der Waals surface area (Å²) in [6.45, 7) is 1.90. The van der Waals surface area contributed by atoms with Crippen molar-refractivity contribution in [3.63, 3.8) is 0 Å². The van der Waals surface area contributed by atoms with E-state index in [4.69, 9.17) is 25.5 Å². The minimum absolute atomic E-state index is 0.0111. The Kier molecular flexibility index (Phi) is 6.90. The Bertz CT molecular complexity index is 1580. The lowest BCUT2D eigenvalue weighted by Crippen LogP contribution is -2.15. The van der Waals surface area contributed by atoms with E-state index in [1.165, 1.54) is 18.2 Å². The number of nitro benzene ring substituents is 1. The van der Waals surface area contributed by atoms with Crippen LogP contribution in [0.25, 0.3) is 11.0 Å². The van der Waals surface area contributed by atoms with E-state index in [-0.39, 0.29) is 27.5 Å². The van der Waals surface area contributed by atoms with Gasteiger partial charge in [0.05, 0.1) is 15.9 Å². The summed E-state index contributed by atoms with van der Waals surface area (Å²) in [5.41, 5.74) is -1.44. The number of nitro groups is 1. The highest BCUT2D eigenvalue weighted by atomic mass is 35.5. The van der Waals surface area contributed by atoms with Gasteiger partial charge in [0.1, 0.15) is 22.1 Å². The van der Waals surface area contributed by atoms with E-state index in [0.717, 1.165) is 35.9 Å². The lowest BCUT2D eigenvalue weighted by atomic mass is 10.1. The lowest BCUT2D eigenvalue weighted by molar-refractivity contribution is -0.384. The third kappa shape index (κ3) is 5.41. The largest absolute Gasteiger partial charge is 0.453 e. The van der Waals surface area contributed by atoms with Gasteiger partial charge in [-0.15, -0.1) is 0 Å². The number of hydrogen-bond donors (Lipinski definition) is 0. The van der Waals surface area contributed by atoms with Crippen molar-refractivity contribution in [2.24, 2.45) is 0 Å². The molecule has 0 bridgehead atoms. The minimum Gasteiger partial charge on any atom is -0.449 e. The van der Waals surface area contributed by atoms with Crippen molar-refractivity contribution < 1.29 is 36.8 Å². The van der Waals surface area contributed by atoms with E-state index in [1.54, 1.807) is 12.1 Å². The van der Waals surface area contributed by atoms with Crippen LogP contribution in [0, 0.1) is 10.1 Å². The van der Waals surface area contributed by atoms with Crippen molar-refractivity contribution in [2.45, 2.75) is 19.5 Å². The van der Waals surface area contributed by atoms with Crippen molar-refractivity contribution in [2.75, 3.05) is 0 Å². The molecule has 12 heteroatoms. The Morgan fingerprint density at radius 3 is 2.35 bits per heavy atom. The first-order chi connectivity index (χ1) is 17.5. The second-order valence-electron chi connectivity index (χ2n) is 7.66. The third-order valence-electron chi connectivity index (χ3n) is 5.22. The Hall–Kier alpha value is -4.38. The van der Waals surface area contributed by atoms with Crippen LogP contribution >= 0.6 is 11.6 Å². The number of ether oxygens (including phenoxy) is 2. The van der Waals surface area contributed by atoms with Crippen LogP contribution in [0.15, 0.2) is 69.9 Å². The van der Waals surface area contributed by atoms with Gasteiger partial charge in [0.25, 0.3) is 11.4 Å². The number of carbonyl (C=O) groups excluding carboxylic acids is 1. The van der Waals surface area contributed by atoms with Gasteiger partial charge in [0.15, 0.2) is 0 Å². The van der Waals surface area contributed by atoms with Gasteiger partial charge >= 0.3 is 12.1 Å². The molecule has 1 aromatic heterocycles. The van der Waals surface area contributed by atoms with Gasteiger partial charge in [0.2, 0.25) is 11.2 Å². The fraction of sp³-hybridized carbons (Fsp3) is 0.120. The van der Waals surface area contributed by atoms with Crippen molar-refractivity contribution >= 4 is 34.2 Å². The minimum atomic E-state index is -5.08. The van der Waals surface area contributed by atoms with Crippen LogP contribution < -0.4 is 14.9 Å². The number of rotatable bonds is 6. The maximum atomic E-state index is 13.8. The highest BCUT2D eigenvalue weighted by Crippen LogP contribution is 2.39. The van der Waals surface area contributed by atoms with Crippen molar-refractivity contribution in [3.8, 4) is 17.2 Å². The van der Waals surface area contributed by atoms with Gasteiger partial charge < -0.3 is 13.9 Å². The zero-order chi connectivity index (χ0) is 26.9. The number of benzene rings is 3. The van der Waals surface area contributed by atoms with Crippen LogP contribution in [-0.4, -0.2) is 10.9 Å². The highest BCUT2D eigenvalue weighted by molar-refractivity contribution is 6.32. The molecule has 0 fully saturated rings. The molecule has 0 aliphatic carbocycles. The topological polar surface area (TPSA) is 109 Å². The molecule has 0 saturated carbocycles. The second-order valence-corrected chi connectivity index (χ2v) is 8.06. The predicted octanol–water partition coefficient (Wildman–Crippen LogP) is 6.95. The molecule has 0 N–H and O–H groups in total. The van der Waals surface area contributed by atoms with Crippen LogP contribution in [0.5, 0.6) is 17.2 Å². The average Bonchev–Trinajstić information content (AvgIpc) is 2.85. The van der Waals surface area contributed by atoms with Crippen molar-refractivity contribution in [3.05, 3.63) is 103 Å². The number of carbonyl (C=O) groups is 1. The van der Waals surface area contributed by atoms with Crippen LogP contribution in [0.1, 0.15) is 28.6 Å². The van der Waals surface area contributed by atoms with E-state index >= 15 is 0 Å². The van der Waals surface area contributed by atoms with E-state index in [0.29, 0.717) is 6.42 Å². The molecule has 0 aliphatic rings. The predicted molar refractivity (Wildman–Crippen MR) is 126 cm³/mol. The Morgan fingerprint density at radius 1 is 1.05 bits per heavy atom. The van der Waals surface area contributed by atoms with Crippen LogP contribution in [0.2, 0.25) is 5.02 Å². The number of aryl methyl sites for hydroxylation is 1. The van der Waals surface area contributed by atoms with E-state index < -0.39 is 45.3 Å². The summed E-state index contributed by atoms with van der Waals surface area (Å²) < 4.78 is 56.8. The maximum Gasteiger partial charge on any atom is 0.453 e. The maximum absolute atomic E-state index is 13.8. The number of alkyl halides is 3. The van der Waals surface area contributed by atoms with Crippen LogP contribution in [0.3, 0.4) is 0 Å². The fourth-order valence-corrected chi connectivity index (χ4v) is 3.54. The zero-order valence-corrected chi connectivity index (χ0v) is 19.6. The molecule has 8 nitrogen and oxygen atoms in total. The van der Waals surface area contributed by atoms with Gasteiger partial charge in [0, 0.05) is 12.1 Å². The summed E-state index contributed by atoms with van der Waals surface area (Å²) in [7, 11) is 0. The number of nitrogens with zero attached hydrogens (tertiary/aromatic N) is 1. The molecule has 3 aromatic carbocycles. The molecular formula is C25H15ClF3NO7. The Balaban J connectivity index is 1.71. The monoisotopic (exact) mass is 533 g/mol.